The van der Waals surface area contributed by atoms with Gasteiger partial charge in [-0.3, -0.25) is 0 Å². The number of morpholine rings is 1. The van der Waals surface area contributed by atoms with Crippen molar-refractivity contribution < 1.29 is 4.74 Å². The Bertz CT molecular complexity index is 388. The first-order chi connectivity index (χ1) is 8.58. The molecule has 1 aromatic rings. The van der Waals surface area contributed by atoms with Crippen molar-refractivity contribution in [3.05, 3.63) is 28.8 Å². The molecule has 3 nitrogen and oxygen atoms in total. The van der Waals surface area contributed by atoms with Crippen molar-refractivity contribution in [1.29, 1.82) is 0 Å². The van der Waals surface area contributed by atoms with Crippen molar-refractivity contribution in [1.82, 2.24) is 5.32 Å². The summed E-state index contributed by atoms with van der Waals surface area (Å²) in [5.74, 6) is 0. The molecule has 0 radical (unpaired) electrons. The molecule has 1 atom stereocenters. The fraction of sp³-hybridized carbons (Fsp3) is 0.600. The van der Waals surface area contributed by atoms with Crippen molar-refractivity contribution in [3.63, 3.8) is 0 Å². The SMILES string of the molecule is Cc1cc(C)c(N(C)CC2COCCN2)c(C)c1. The summed E-state index contributed by atoms with van der Waals surface area (Å²) in [4.78, 5) is 2.34. The Morgan fingerprint density at radius 1 is 1.28 bits per heavy atom. The standard InChI is InChI=1S/C15H24N2O/c1-11-7-12(2)15(13(3)8-11)17(4)9-14-10-18-6-5-16-14/h7-8,14,16H,5-6,9-10H2,1-4H3. The molecule has 1 N–H and O–H groups in total. The highest BCUT2D eigenvalue weighted by Crippen LogP contribution is 2.25. The maximum absolute atomic E-state index is 5.51. The summed E-state index contributed by atoms with van der Waals surface area (Å²) >= 11 is 0. The zero-order valence-corrected chi connectivity index (χ0v) is 11.9. The van der Waals surface area contributed by atoms with Crippen LogP contribution in [0.2, 0.25) is 0 Å². The largest absolute Gasteiger partial charge is 0.378 e. The topological polar surface area (TPSA) is 24.5 Å². The summed E-state index contributed by atoms with van der Waals surface area (Å²) in [6.07, 6.45) is 0. The van der Waals surface area contributed by atoms with Crippen LogP contribution in [0.3, 0.4) is 0 Å². The maximum Gasteiger partial charge on any atom is 0.0637 e. The van der Waals surface area contributed by atoms with Gasteiger partial charge in [-0.05, 0) is 31.9 Å². The van der Waals surface area contributed by atoms with Crippen molar-refractivity contribution in [2.24, 2.45) is 0 Å². The van der Waals surface area contributed by atoms with E-state index in [1.165, 1.54) is 22.4 Å². The lowest BCUT2D eigenvalue weighted by molar-refractivity contribution is 0.0791. The number of nitrogens with one attached hydrogen (secondary N) is 1. The molecule has 0 spiro atoms. The summed E-state index contributed by atoms with van der Waals surface area (Å²) in [5.41, 5.74) is 5.40. The molecule has 0 bridgehead atoms. The minimum atomic E-state index is 0.434. The Balaban J connectivity index is 2.10. The zero-order valence-electron chi connectivity index (χ0n) is 11.9. The van der Waals surface area contributed by atoms with E-state index in [-0.39, 0.29) is 0 Å². The Hall–Kier alpha value is -1.06. The van der Waals surface area contributed by atoms with Gasteiger partial charge in [0.05, 0.1) is 13.2 Å². The first-order valence-corrected chi connectivity index (χ1v) is 6.68. The molecule has 0 aromatic heterocycles. The van der Waals surface area contributed by atoms with Crippen LogP contribution in [0.25, 0.3) is 0 Å². The van der Waals surface area contributed by atoms with Crippen LogP contribution in [0, 0.1) is 20.8 Å². The lowest BCUT2D eigenvalue weighted by Gasteiger charge is -2.31. The van der Waals surface area contributed by atoms with E-state index in [1.807, 2.05) is 0 Å². The molecule has 1 heterocycles. The Morgan fingerprint density at radius 2 is 1.94 bits per heavy atom. The lowest BCUT2D eigenvalue weighted by Crippen LogP contribution is -2.47. The number of benzene rings is 1. The highest BCUT2D eigenvalue weighted by molar-refractivity contribution is 5.59. The minimum absolute atomic E-state index is 0.434. The van der Waals surface area contributed by atoms with Gasteiger partial charge in [-0.1, -0.05) is 17.7 Å². The summed E-state index contributed by atoms with van der Waals surface area (Å²) in [5, 5.41) is 3.50. The van der Waals surface area contributed by atoms with Gasteiger partial charge >= 0.3 is 0 Å². The predicted octanol–water partition coefficient (Wildman–Crippen LogP) is 2.04. The molecule has 0 saturated carbocycles. The molecule has 1 aliphatic rings. The quantitative estimate of drug-likeness (QED) is 0.886. The van der Waals surface area contributed by atoms with Crippen LogP contribution in [0.4, 0.5) is 5.69 Å². The molecule has 0 amide bonds. The third-order valence-electron chi connectivity index (χ3n) is 3.51. The number of rotatable bonds is 3. The summed E-state index contributed by atoms with van der Waals surface area (Å²) in [6.45, 7) is 10.1. The second kappa shape index (κ2) is 5.72. The van der Waals surface area contributed by atoms with Gasteiger partial charge in [0.15, 0.2) is 0 Å². The Kier molecular flexibility index (Phi) is 4.25. The number of hydrogen-bond donors (Lipinski definition) is 1. The fourth-order valence-corrected chi connectivity index (χ4v) is 2.93. The minimum Gasteiger partial charge on any atom is -0.378 e. The number of likely N-dealkylation sites (N-methyl/N-ethyl adjacent to an activating group) is 1. The van der Waals surface area contributed by atoms with Gasteiger partial charge in [0.1, 0.15) is 0 Å². The van der Waals surface area contributed by atoms with Crippen LogP contribution in [0.1, 0.15) is 16.7 Å². The fourth-order valence-electron chi connectivity index (χ4n) is 2.93. The van der Waals surface area contributed by atoms with Crippen LogP contribution >= 0.6 is 0 Å². The molecule has 18 heavy (non-hydrogen) atoms. The second-order valence-electron chi connectivity index (χ2n) is 5.35. The molecule has 1 saturated heterocycles. The van der Waals surface area contributed by atoms with E-state index in [1.54, 1.807) is 0 Å². The number of aryl methyl sites for hydroxylation is 3. The van der Waals surface area contributed by atoms with Crippen LogP contribution in [-0.2, 0) is 4.74 Å². The maximum atomic E-state index is 5.51. The number of anilines is 1. The van der Waals surface area contributed by atoms with E-state index in [0.29, 0.717) is 6.04 Å². The van der Waals surface area contributed by atoms with Gasteiger partial charge in [0.2, 0.25) is 0 Å². The average Bonchev–Trinajstić information content (AvgIpc) is 2.28. The predicted molar refractivity (Wildman–Crippen MR) is 76.5 cm³/mol. The summed E-state index contributed by atoms with van der Waals surface area (Å²) in [6, 6.07) is 4.94. The van der Waals surface area contributed by atoms with E-state index >= 15 is 0 Å². The smallest absolute Gasteiger partial charge is 0.0637 e. The van der Waals surface area contributed by atoms with Crippen LogP contribution < -0.4 is 10.2 Å². The van der Waals surface area contributed by atoms with Crippen molar-refractivity contribution >= 4 is 5.69 Å². The van der Waals surface area contributed by atoms with Crippen molar-refractivity contribution in [3.8, 4) is 0 Å². The van der Waals surface area contributed by atoms with Gasteiger partial charge in [-0.2, -0.15) is 0 Å². The van der Waals surface area contributed by atoms with Gasteiger partial charge in [-0.15, -0.1) is 0 Å². The molecule has 2 rings (SSSR count). The molecule has 1 aromatic carbocycles. The van der Waals surface area contributed by atoms with E-state index < -0.39 is 0 Å². The highest BCUT2D eigenvalue weighted by Gasteiger charge is 2.17. The average molecular weight is 248 g/mol. The van der Waals surface area contributed by atoms with Crippen LogP contribution in [0.5, 0.6) is 0 Å². The lowest BCUT2D eigenvalue weighted by atomic mass is 10.0. The van der Waals surface area contributed by atoms with Gasteiger partial charge in [0, 0.05) is 31.9 Å². The van der Waals surface area contributed by atoms with Gasteiger partial charge in [-0.25, -0.2) is 0 Å². The van der Waals surface area contributed by atoms with Gasteiger partial charge in [0.25, 0.3) is 0 Å². The molecule has 100 valence electrons. The third-order valence-corrected chi connectivity index (χ3v) is 3.51. The Morgan fingerprint density at radius 3 is 2.50 bits per heavy atom. The number of nitrogens with zero attached hydrogens (tertiary/aromatic N) is 1. The third kappa shape index (κ3) is 3.03. The van der Waals surface area contributed by atoms with E-state index in [9.17, 15) is 0 Å². The molecule has 3 heteroatoms. The van der Waals surface area contributed by atoms with Crippen LogP contribution in [0.15, 0.2) is 12.1 Å². The van der Waals surface area contributed by atoms with Gasteiger partial charge < -0.3 is 15.0 Å². The molecule has 1 fully saturated rings. The molecular weight excluding hydrogens is 224 g/mol. The van der Waals surface area contributed by atoms with Crippen molar-refractivity contribution in [2.75, 3.05) is 38.3 Å². The number of ether oxygens (including phenoxy) is 1. The zero-order chi connectivity index (χ0) is 13.1. The van der Waals surface area contributed by atoms with Crippen LogP contribution in [-0.4, -0.2) is 39.4 Å². The first kappa shape index (κ1) is 13.4. The van der Waals surface area contributed by atoms with E-state index in [4.69, 9.17) is 4.74 Å². The monoisotopic (exact) mass is 248 g/mol. The normalized spacial score (nSPS) is 19.9. The van der Waals surface area contributed by atoms with Crippen molar-refractivity contribution in [2.45, 2.75) is 26.8 Å². The Labute approximate surface area is 110 Å². The highest BCUT2D eigenvalue weighted by atomic mass is 16.5. The summed E-state index contributed by atoms with van der Waals surface area (Å²) < 4.78 is 5.51. The summed E-state index contributed by atoms with van der Waals surface area (Å²) in [7, 11) is 2.17. The molecular formula is C15H24N2O. The van der Waals surface area contributed by atoms with E-state index in [0.717, 1.165) is 26.3 Å². The molecule has 1 unspecified atom stereocenters. The molecule has 0 aliphatic carbocycles. The second-order valence-corrected chi connectivity index (χ2v) is 5.35. The molecule has 1 aliphatic heterocycles. The number of hydrogen-bond acceptors (Lipinski definition) is 3. The first-order valence-electron chi connectivity index (χ1n) is 6.68. The van der Waals surface area contributed by atoms with E-state index in [2.05, 4.69) is 50.2 Å².